The van der Waals surface area contributed by atoms with Crippen molar-refractivity contribution in [1.29, 1.82) is 0 Å². The van der Waals surface area contributed by atoms with Gasteiger partial charge < -0.3 is 15.7 Å². The van der Waals surface area contributed by atoms with E-state index in [1.165, 1.54) is 17.8 Å². The fourth-order valence-corrected chi connectivity index (χ4v) is 2.91. The van der Waals surface area contributed by atoms with Gasteiger partial charge in [0.1, 0.15) is 5.60 Å². The van der Waals surface area contributed by atoms with E-state index in [9.17, 15) is 9.90 Å². The lowest BCUT2D eigenvalue weighted by Gasteiger charge is -2.22. The molecule has 19 heavy (non-hydrogen) atoms. The number of carbonyl (C=O) groups is 1. The Balaban J connectivity index is 1.71. The van der Waals surface area contributed by atoms with Crippen molar-refractivity contribution in [2.75, 3.05) is 13.1 Å². The van der Waals surface area contributed by atoms with Crippen molar-refractivity contribution >= 4 is 17.4 Å². The van der Waals surface area contributed by atoms with Crippen molar-refractivity contribution in [1.82, 2.24) is 10.6 Å². The lowest BCUT2D eigenvalue weighted by atomic mass is 10.1. The van der Waals surface area contributed by atoms with Crippen molar-refractivity contribution in [3.8, 4) is 0 Å². The van der Waals surface area contributed by atoms with Crippen LogP contribution in [0.3, 0.4) is 0 Å². The summed E-state index contributed by atoms with van der Waals surface area (Å²) in [5.41, 5.74) is -0.639. The zero-order chi connectivity index (χ0) is 14.1. The van der Waals surface area contributed by atoms with Gasteiger partial charge in [-0.15, -0.1) is 11.3 Å². The molecule has 5 heteroatoms. The first-order valence-electron chi connectivity index (χ1n) is 6.59. The Labute approximate surface area is 118 Å². The number of amides is 2. The number of urea groups is 1. The Kier molecular flexibility index (Phi) is 3.87. The van der Waals surface area contributed by atoms with Gasteiger partial charge >= 0.3 is 6.03 Å². The Hall–Kier alpha value is -1.07. The molecule has 3 N–H and O–H groups in total. The van der Waals surface area contributed by atoms with Crippen molar-refractivity contribution < 1.29 is 9.90 Å². The first-order valence-corrected chi connectivity index (χ1v) is 7.47. The maximum absolute atomic E-state index is 11.7. The van der Waals surface area contributed by atoms with Gasteiger partial charge in [0.15, 0.2) is 0 Å². The molecule has 0 unspecified atom stereocenters. The van der Waals surface area contributed by atoms with Gasteiger partial charge in [0.2, 0.25) is 0 Å². The molecule has 1 saturated carbocycles. The highest BCUT2D eigenvalue weighted by molar-refractivity contribution is 7.10. The van der Waals surface area contributed by atoms with E-state index in [2.05, 4.69) is 24.5 Å². The number of nitrogens with one attached hydrogen (secondary N) is 2. The number of aliphatic hydroxyl groups is 1. The molecule has 2 amide bonds. The van der Waals surface area contributed by atoms with Crippen LogP contribution in [0.4, 0.5) is 4.79 Å². The van der Waals surface area contributed by atoms with Crippen LogP contribution in [0.15, 0.2) is 17.5 Å². The van der Waals surface area contributed by atoms with Crippen molar-refractivity contribution in [3.05, 3.63) is 22.4 Å². The van der Waals surface area contributed by atoms with Gasteiger partial charge in [-0.3, -0.25) is 0 Å². The minimum absolute atomic E-state index is 0.209. The molecule has 0 bridgehead atoms. The quantitative estimate of drug-likeness (QED) is 0.776. The molecule has 2 atom stereocenters. The SMILES string of the molecule is CC1(C)C[C@H]1CNC(=O)NC[C@@](C)(O)c1cccs1. The average Bonchev–Trinajstić information content (AvgIpc) is 2.79. The zero-order valence-corrected chi connectivity index (χ0v) is 12.5. The molecule has 1 fully saturated rings. The molecular weight excluding hydrogens is 260 g/mol. The van der Waals surface area contributed by atoms with Crippen LogP contribution >= 0.6 is 11.3 Å². The monoisotopic (exact) mass is 282 g/mol. The van der Waals surface area contributed by atoms with Crippen LogP contribution in [0.5, 0.6) is 0 Å². The largest absolute Gasteiger partial charge is 0.383 e. The number of hydrogen-bond acceptors (Lipinski definition) is 3. The summed E-state index contributed by atoms with van der Waals surface area (Å²) < 4.78 is 0. The van der Waals surface area contributed by atoms with E-state index in [0.29, 0.717) is 17.9 Å². The summed E-state index contributed by atoms with van der Waals surface area (Å²) in [6.07, 6.45) is 1.17. The van der Waals surface area contributed by atoms with E-state index >= 15 is 0 Å². The van der Waals surface area contributed by atoms with Crippen LogP contribution in [-0.4, -0.2) is 24.2 Å². The van der Waals surface area contributed by atoms with Crippen LogP contribution in [0.1, 0.15) is 32.1 Å². The second-order valence-corrected chi connectivity index (χ2v) is 7.15. The maximum Gasteiger partial charge on any atom is 0.314 e. The molecule has 1 heterocycles. The fraction of sp³-hybridized carbons (Fsp3) is 0.643. The Morgan fingerprint density at radius 1 is 1.58 bits per heavy atom. The van der Waals surface area contributed by atoms with Crippen LogP contribution in [0, 0.1) is 11.3 Å². The topological polar surface area (TPSA) is 61.4 Å². The summed E-state index contributed by atoms with van der Waals surface area (Å²) in [5, 5.41) is 17.8. The molecule has 0 saturated heterocycles. The second kappa shape index (κ2) is 5.13. The molecule has 0 radical (unpaired) electrons. The predicted octanol–water partition coefficient (Wildman–Crippen LogP) is 2.30. The van der Waals surface area contributed by atoms with Crippen molar-refractivity contribution in [2.45, 2.75) is 32.8 Å². The summed E-state index contributed by atoms with van der Waals surface area (Å²) in [6, 6.07) is 3.56. The van der Waals surface area contributed by atoms with Crippen molar-refractivity contribution in [2.24, 2.45) is 11.3 Å². The number of rotatable bonds is 5. The molecule has 0 spiro atoms. The Morgan fingerprint density at radius 3 is 2.79 bits per heavy atom. The number of carbonyl (C=O) groups excluding carboxylic acids is 1. The molecule has 1 aliphatic rings. The molecule has 2 rings (SSSR count). The lowest BCUT2D eigenvalue weighted by Crippen LogP contribution is -2.43. The summed E-state index contributed by atoms with van der Waals surface area (Å²) in [7, 11) is 0. The van der Waals surface area contributed by atoms with E-state index in [4.69, 9.17) is 0 Å². The number of thiophene rings is 1. The summed E-state index contributed by atoms with van der Waals surface area (Å²) in [6.45, 7) is 7.05. The maximum atomic E-state index is 11.7. The standard InChI is InChI=1S/C14H22N2O2S/c1-13(2)7-10(13)8-15-12(17)16-9-14(3,18)11-5-4-6-19-11/h4-6,10,18H,7-9H2,1-3H3,(H2,15,16,17)/t10-,14+/m0/s1. The van der Waals surface area contributed by atoms with Gasteiger partial charge in [-0.25, -0.2) is 4.79 Å². The van der Waals surface area contributed by atoms with Gasteiger partial charge in [-0.2, -0.15) is 0 Å². The van der Waals surface area contributed by atoms with Gasteiger partial charge in [0.25, 0.3) is 0 Å². The van der Waals surface area contributed by atoms with E-state index in [-0.39, 0.29) is 12.6 Å². The third-order valence-corrected chi connectivity index (χ3v) is 4.99. The Bertz CT molecular complexity index is 440. The zero-order valence-electron chi connectivity index (χ0n) is 11.7. The van der Waals surface area contributed by atoms with E-state index in [1.807, 2.05) is 17.5 Å². The average molecular weight is 282 g/mol. The molecule has 0 aromatic carbocycles. The van der Waals surface area contributed by atoms with E-state index in [1.54, 1.807) is 6.92 Å². The normalized spacial score (nSPS) is 23.5. The second-order valence-electron chi connectivity index (χ2n) is 6.20. The number of hydrogen-bond donors (Lipinski definition) is 3. The summed E-state index contributed by atoms with van der Waals surface area (Å²) >= 11 is 1.49. The minimum Gasteiger partial charge on any atom is -0.383 e. The third kappa shape index (κ3) is 3.70. The van der Waals surface area contributed by atoms with Gasteiger partial charge in [-0.05, 0) is 36.1 Å². The van der Waals surface area contributed by atoms with E-state index in [0.717, 1.165) is 4.88 Å². The highest BCUT2D eigenvalue weighted by atomic mass is 32.1. The summed E-state index contributed by atoms with van der Waals surface area (Å²) in [5.74, 6) is 0.580. The molecular formula is C14H22N2O2S. The lowest BCUT2D eigenvalue weighted by molar-refractivity contribution is 0.0631. The van der Waals surface area contributed by atoms with Gasteiger partial charge in [-0.1, -0.05) is 19.9 Å². The first kappa shape index (κ1) is 14.3. The van der Waals surface area contributed by atoms with Gasteiger partial charge in [0, 0.05) is 11.4 Å². The summed E-state index contributed by atoms with van der Waals surface area (Å²) in [4.78, 5) is 12.5. The molecule has 1 aliphatic carbocycles. The molecule has 106 valence electrons. The smallest absolute Gasteiger partial charge is 0.314 e. The molecule has 4 nitrogen and oxygen atoms in total. The van der Waals surface area contributed by atoms with Crippen LogP contribution in [0.2, 0.25) is 0 Å². The highest BCUT2D eigenvalue weighted by Gasteiger charge is 2.45. The Morgan fingerprint density at radius 2 is 2.26 bits per heavy atom. The minimum atomic E-state index is -1.01. The van der Waals surface area contributed by atoms with Crippen LogP contribution in [-0.2, 0) is 5.60 Å². The van der Waals surface area contributed by atoms with Gasteiger partial charge in [0.05, 0.1) is 6.54 Å². The van der Waals surface area contributed by atoms with E-state index < -0.39 is 5.60 Å². The molecule has 1 aromatic heterocycles. The fourth-order valence-electron chi connectivity index (χ4n) is 2.13. The van der Waals surface area contributed by atoms with Crippen LogP contribution < -0.4 is 10.6 Å². The molecule has 1 aromatic rings. The molecule has 0 aliphatic heterocycles. The third-order valence-electron chi connectivity index (χ3n) is 3.87. The van der Waals surface area contributed by atoms with Crippen LogP contribution in [0.25, 0.3) is 0 Å². The highest BCUT2D eigenvalue weighted by Crippen LogP contribution is 2.50. The predicted molar refractivity (Wildman–Crippen MR) is 77.2 cm³/mol. The first-order chi connectivity index (χ1) is 8.81. The van der Waals surface area contributed by atoms with Crippen molar-refractivity contribution in [3.63, 3.8) is 0 Å².